The second-order valence-corrected chi connectivity index (χ2v) is 6.93. The molecule has 0 N–H and O–H groups in total. The molecule has 0 saturated carbocycles. The number of hydrogen-bond donors (Lipinski definition) is 1. The summed E-state index contributed by atoms with van der Waals surface area (Å²) in [5.74, 6) is 1.60. The highest BCUT2D eigenvalue weighted by molar-refractivity contribution is 8.15. The molecule has 1 atom stereocenters. The molecule has 0 aromatic heterocycles. The minimum atomic E-state index is 0.170. The van der Waals surface area contributed by atoms with E-state index in [-0.39, 0.29) is 5.12 Å². The van der Waals surface area contributed by atoms with E-state index in [2.05, 4.69) is 19.6 Å². The molecule has 1 unspecified atom stereocenters. The summed E-state index contributed by atoms with van der Waals surface area (Å²) in [6.07, 6.45) is 6.14. The van der Waals surface area contributed by atoms with E-state index in [0.29, 0.717) is 5.25 Å². The van der Waals surface area contributed by atoms with Crippen LogP contribution in [0.15, 0.2) is 35.9 Å². The van der Waals surface area contributed by atoms with E-state index >= 15 is 0 Å². The van der Waals surface area contributed by atoms with E-state index < -0.39 is 0 Å². The largest absolute Gasteiger partial charge is 0.497 e. The highest BCUT2D eigenvalue weighted by Crippen LogP contribution is 2.23. The number of allylic oxidation sites excluding steroid dienone is 1. The van der Waals surface area contributed by atoms with E-state index in [1.165, 1.54) is 17.3 Å². The Hall–Kier alpha value is -0.870. The Balaban J connectivity index is 2.53. The molecule has 0 aliphatic carbocycles. The number of carbonyl (C=O) groups excluding carboxylic acids is 1. The van der Waals surface area contributed by atoms with Crippen molar-refractivity contribution < 1.29 is 9.53 Å². The molecule has 0 heterocycles. The second-order valence-electron chi connectivity index (χ2n) is 5.29. The molecule has 22 heavy (non-hydrogen) atoms. The Kier molecular flexibility index (Phi) is 9.41. The van der Waals surface area contributed by atoms with Gasteiger partial charge in [0.2, 0.25) is 5.12 Å². The molecule has 4 heteroatoms. The van der Waals surface area contributed by atoms with Crippen LogP contribution < -0.4 is 4.74 Å². The number of methoxy groups -OCH3 is 1. The Bertz CT molecular complexity index is 480. The Morgan fingerprint density at radius 2 is 2.05 bits per heavy atom. The Morgan fingerprint density at radius 3 is 2.59 bits per heavy atom. The predicted octanol–water partition coefficient (Wildman–Crippen LogP) is 4.93. The second kappa shape index (κ2) is 10.8. The van der Waals surface area contributed by atoms with Crippen molar-refractivity contribution in [2.75, 3.05) is 12.9 Å². The van der Waals surface area contributed by atoms with Crippen LogP contribution in [0.25, 0.3) is 0 Å². The van der Waals surface area contributed by atoms with Gasteiger partial charge in [0.1, 0.15) is 5.75 Å². The summed E-state index contributed by atoms with van der Waals surface area (Å²) in [6, 6.07) is 7.93. The molecule has 0 aliphatic rings. The van der Waals surface area contributed by atoms with Crippen LogP contribution in [0.4, 0.5) is 0 Å². The van der Waals surface area contributed by atoms with Crippen LogP contribution >= 0.6 is 24.4 Å². The maximum atomic E-state index is 12.2. The first-order valence-electron chi connectivity index (χ1n) is 7.72. The number of hydrogen-bond acceptors (Lipinski definition) is 4. The van der Waals surface area contributed by atoms with Crippen molar-refractivity contribution in [2.24, 2.45) is 0 Å². The lowest BCUT2D eigenvalue weighted by atomic mass is 10.1. The van der Waals surface area contributed by atoms with Gasteiger partial charge in [-0.15, -0.1) is 0 Å². The van der Waals surface area contributed by atoms with Crippen molar-refractivity contribution in [1.82, 2.24) is 0 Å². The van der Waals surface area contributed by atoms with Crippen LogP contribution in [0.3, 0.4) is 0 Å². The fraction of sp³-hybridized carbons (Fsp3) is 0.500. The molecule has 1 aromatic carbocycles. The summed E-state index contributed by atoms with van der Waals surface area (Å²) in [7, 11) is 1.66. The molecule has 0 amide bonds. The summed E-state index contributed by atoms with van der Waals surface area (Å²) in [4.78, 5) is 12.2. The van der Waals surface area contributed by atoms with E-state index in [1.54, 1.807) is 7.11 Å². The average molecular weight is 339 g/mol. The van der Waals surface area contributed by atoms with Crippen LogP contribution in [0.1, 0.15) is 38.7 Å². The standard InChI is InChI=1S/C18H26O2S2/c1-4-5-6-17(13-21)22-18(19)14(2)7-8-15-9-11-16(20-3)12-10-15/h7,9-12,17,21H,4-6,8,13H2,1-3H3/b14-7+. The van der Waals surface area contributed by atoms with Crippen LogP contribution in [0.2, 0.25) is 0 Å². The normalized spacial score (nSPS) is 13.0. The third-order valence-corrected chi connectivity index (χ3v) is 5.44. The number of carbonyl (C=O) groups is 1. The predicted molar refractivity (Wildman–Crippen MR) is 100 cm³/mol. The van der Waals surface area contributed by atoms with E-state index in [4.69, 9.17) is 4.74 Å². The van der Waals surface area contributed by atoms with Crippen LogP contribution in [-0.2, 0) is 11.2 Å². The number of thiol groups is 1. The first-order valence-corrected chi connectivity index (χ1v) is 9.23. The maximum Gasteiger partial charge on any atom is 0.215 e. The van der Waals surface area contributed by atoms with Gasteiger partial charge in [0.05, 0.1) is 7.11 Å². The first kappa shape index (κ1) is 19.2. The number of rotatable bonds is 9. The van der Waals surface area contributed by atoms with Gasteiger partial charge in [0.15, 0.2) is 0 Å². The lowest BCUT2D eigenvalue weighted by Gasteiger charge is -2.12. The molecule has 2 nitrogen and oxygen atoms in total. The van der Waals surface area contributed by atoms with Crippen molar-refractivity contribution >= 4 is 29.5 Å². The molecular weight excluding hydrogens is 312 g/mol. The van der Waals surface area contributed by atoms with E-state index in [9.17, 15) is 4.79 Å². The highest BCUT2D eigenvalue weighted by atomic mass is 32.2. The molecule has 0 radical (unpaired) electrons. The molecular formula is C18H26O2S2. The molecule has 0 spiro atoms. The number of thioether (sulfide) groups is 1. The minimum absolute atomic E-state index is 0.170. The first-order chi connectivity index (χ1) is 10.6. The monoisotopic (exact) mass is 338 g/mol. The average Bonchev–Trinajstić information content (AvgIpc) is 2.56. The van der Waals surface area contributed by atoms with Gasteiger partial charge >= 0.3 is 0 Å². The molecule has 1 aromatic rings. The molecule has 0 saturated heterocycles. The van der Waals surface area contributed by atoms with Crippen molar-refractivity contribution in [3.8, 4) is 5.75 Å². The van der Waals surface area contributed by atoms with Crippen molar-refractivity contribution in [2.45, 2.75) is 44.8 Å². The summed E-state index contributed by atoms with van der Waals surface area (Å²) in [6.45, 7) is 4.07. The summed E-state index contributed by atoms with van der Waals surface area (Å²) < 4.78 is 5.14. The SMILES string of the molecule is CCCCC(CS)SC(=O)/C(C)=C/Cc1ccc(OC)cc1. The maximum absolute atomic E-state index is 12.2. The third-order valence-electron chi connectivity index (χ3n) is 3.48. The number of unbranched alkanes of at least 4 members (excludes halogenated alkanes) is 1. The molecule has 122 valence electrons. The van der Waals surface area contributed by atoms with Gasteiger partial charge < -0.3 is 4.74 Å². The van der Waals surface area contributed by atoms with Crippen LogP contribution in [0.5, 0.6) is 5.75 Å². The summed E-state index contributed by atoms with van der Waals surface area (Å²) in [5, 5.41) is 0.490. The van der Waals surface area contributed by atoms with Gasteiger partial charge in [-0.05, 0) is 43.0 Å². The lowest BCUT2D eigenvalue weighted by molar-refractivity contribution is -0.107. The smallest absolute Gasteiger partial charge is 0.215 e. The molecule has 1 rings (SSSR count). The Morgan fingerprint density at radius 1 is 1.36 bits per heavy atom. The van der Waals surface area contributed by atoms with E-state index in [0.717, 1.165) is 42.8 Å². The number of ether oxygens (including phenoxy) is 1. The fourth-order valence-electron chi connectivity index (χ4n) is 1.98. The summed E-state index contributed by atoms with van der Waals surface area (Å²) in [5.41, 5.74) is 2.00. The zero-order valence-electron chi connectivity index (χ0n) is 13.7. The molecule has 0 aliphatic heterocycles. The van der Waals surface area contributed by atoms with Crippen molar-refractivity contribution in [3.05, 3.63) is 41.5 Å². The zero-order chi connectivity index (χ0) is 16.4. The van der Waals surface area contributed by atoms with Gasteiger partial charge in [-0.1, -0.05) is 49.7 Å². The molecule has 0 bridgehead atoms. The number of benzene rings is 1. The van der Waals surface area contributed by atoms with Crippen LogP contribution in [-0.4, -0.2) is 23.2 Å². The minimum Gasteiger partial charge on any atom is -0.497 e. The van der Waals surface area contributed by atoms with Gasteiger partial charge in [-0.3, -0.25) is 4.79 Å². The fourth-order valence-corrected chi connectivity index (χ4v) is 3.32. The van der Waals surface area contributed by atoms with Gasteiger partial charge in [-0.2, -0.15) is 12.6 Å². The Labute approximate surface area is 144 Å². The van der Waals surface area contributed by atoms with Gasteiger partial charge in [0.25, 0.3) is 0 Å². The topological polar surface area (TPSA) is 26.3 Å². The quantitative estimate of drug-likeness (QED) is 0.510. The van der Waals surface area contributed by atoms with E-state index in [1.807, 2.05) is 37.3 Å². The highest BCUT2D eigenvalue weighted by Gasteiger charge is 2.14. The lowest BCUT2D eigenvalue weighted by Crippen LogP contribution is -2.09. The zero-order valence-corrected chi connectivity index (χ0v) is 15.4. The van der Waals surface area contributed by atoms with Crippen molar-refractivity contribution in [3.63, 3.8) is 0 Å². The van der Waals surface area contributed by atoms with Gasteiger partial charge in [-0.25, -0.2) is 0 Å². The molecule has 0 fully saturated rings. The van der Waals surface area contributed by atoms with Crippen LogP contribution in [0, 0.1) is 0 Å². The van der Waals surface area contributed by atoms with Gasteiger partial charge in [0, 0.05) is 11.0 Å². The summed E-state index contributed by atoms with van der Waals surface area (Å²) >= 11 is 5.79. The van der Waals surface area contributed by atoms with Crippen molar-refractivity contribution in [1.29, 1.82) is 0 Å². The third kappa shape index (κ3) is 6.93.